The lowest BCUT2D eigenvalue weighted by molar-refractivity contribution is -0.207. The van der Waals surface area contributed by atoms with Crippen LogP contribution in [0.25, 0.3) is 22.3 Å². The smallest absolute Gasteiger partial charge is 0.323 e. The molecule has 21 heteroatoms. The summed E-state index contributed by atoms with van der Waals surface area (Å²) in [6.07, 6.45) is 4.56. The number of ether oxygens (including phenoxy) is 2. The number of hydrogen-bond acceptors (Lipinski definition) is 12. The number of benzene rings is 4. The van der Waals surface area contributed by atoms with Crippen LogP contribution in [0.15, 0.2) is 134 Å². The lowest BCUT2D eigenvalue weighted by Crippen LogP contribution is -2.48. The van der Waals surface area contributed by atoms with Crippen LogP contribution in [-0.4, -0.2) is 73.8 Å². The Labute approximate surface area is 383 Å². The van der Waals surface area contributed by atoms with Gasteiger partial charge in [-0.3, -0.25) is 9.97 Å². The molecule has 4 aromatic carbocycles. The predicted molar refractivity (Wildman–Crippen MR) is 230 cm³/mol. The molecule has 14 nitrogen and oxygen atoms in total. The highest BCUT2D eigenvalue weighted by Crippen LogP contribution is 2.48. The standard InChI is InChI=1S/C24H22F3N5O2.C23H19F4N5O2/c1-3-34-19-8-5-17(6-9-19)18-7-11-22(28-13-18)24(26,27)23(33,14-32-15-29-30-31-32)20-10-4-16(2)12-21(20)25;1-2-34-18-7-3-15(4-8-18)16-5-10-21(28-12-16)23(26,27)22(33,13-32-14-29-30-31-32)19-9-6-17(24)11-20(19)25/h4-13,15,33H,3,14H2,1-2H3;3-12,14,33H,2,13H2,1H3/t23-;22-/m00/s1. The Balaban J connectivity index is 0.000000201. The van der Waals surface area contributed by atoms with E-state index in [9.17, 15) is 23.4 Å². The maximum atomic E-state index is 15.9. The molecular formula is C47H41F7N10O4. The van der Waals surface area contributed by atoms with Crippen LogP contribution < -0.4 is 9.47 Å². The molecule has 0 aliphatic carbocycles. The third-order valence-corrected chi connectivity index (χ3v) is 10.7. The summed E-state index contributed by atoms with van der Waals surface area (Å²) in [6, 6.07) is 24.7. The van der Waals surface area contributed by atoms with Crippen molar-refractivity contribution in [3.8, 4) is 33.8 Å². The lowest BCUT2D eigenvalue weighted by Gasteiger charge is -2.35. The molecule has 0 aliphatic rings. The summed E-state index contributed by atoms with van der Waals surface area (Å²) in [5, 5.41) is 43.1. The van der Waals surface area contributed by atoms with Gasteiger partial charge in [0.25, 0.3) is 0 Å². The van der Waals surface area contributed by atoms with Gasteiger partial charge in [-0.15, -0.1) is 10.2 Å². The molecule has 0 amide bonds. The van der Waals surface area contributed by atoms with Crippen molar-refractivity contribution in [2.45, 2.75) is 56.9 Å². The van der Waals surface area contributed by atoms with E-state index >= 15 is 17.6 Å². The quantitative estimate of drug-likeness (QED) is 0.0889. The zero-order chi connectivity index (χ0) is 48.7. The van der Waals surface area contributed by atoms with Crippen LogP contribution in [0.3, 0.4) is 0 Å². The Morgan fingerprint density at radius 1 is 0.529 bits per heavy atom. The van der Waals surface area contributed by atoms with E-state index < -0.39 is 76.1 Å². The highest BCUT2D eigenvalue weighted by molar-refractivity contribution is 5.64. The van der Waals surface area contributed by atoms with Crippen LogP contribution in [0.1, 0.15) is 41.9 Å². The number of alkyl halides is 4. The van der Waals surface area contributed by atoms with E-state index in [-0.39, 0.29) is 0 Å². The topological polar surface area (TPSA) is 172 Å². The Hall–Kier alpha value is -7.65. The van der Waals surface area contributed by atoms with Gasteiger partial charge in [-0.05, 0) is 113 Å². The van der Waals surface area contributed by atoms with Gasteiger partial charge in [-0.1, -0.05) is 48.5 Å². The molecule has 4 heterocycles. The Kier molecular flexibility index (Phi) is 14.2. The molecule has 0 bridgehead atoms. The van der Waals surface area contributed by atoms with Crippen molar-refractivity contribution in [1.82, 2.24) is 50.4 Å². The number of pyridine rings is 2. The third kappa shape index (κ3) is 10.0. The van der Waals surface area contributed by atoms with Gasteiger partial charge in [0.1, 0.15) is 53.0 Å². The highest BCUT2D eigenvalue weighted by Gasteiger charge is 2.59. The fourth-order valence-electron chi connectivity index (χ4n) is 7.21. The minimum Gasteiger partial charge on any atom is -0.494 e. The summed E-state index contributed by atoms with van der Waals surface area (Å²) < 4.78 is 119. The van der Waals surface area contributed by atoms with Gasteiger partial charge in [0.05, 0.1) is 26.3 Å². The average molecular weight is 943 g/mol. The fourth-order valence-corrected chi connectivity index (χ4v) is 7.21. The van der Waals surface area contributed by atoms with Crippen LogP contribution in [0.4, 0.5) is 30.7 Å². The molecule has 2 atom stereocenters. The van der Waals surface area contributed by atoms with Crippen molar-refractivity contribution in [3.05, 3.63) is 180 Å². The summed E-state index contributed by atoms with van der Waals surface area (Å²) in [5.41, 5.74) is -6.05. The van der Waals surface area contributed by atoms with Crippen molar-refractivity contribution in [2.75, 3.05) is 13.2 Å². The number of aromatic nitrogens is 10. The molecule has 0 aliphatic heterocycles. The minimum atomic E-state index is -4.12. The van der Waals surface area contributed by atoms with E-state index in [4.69, 9.17) is 9.47 Å². The van der Waals surface area contributed by atoms with Crippen molar-refractivity contribution < 1.29 is 50.4 Å². The first kappa shape index (κ1) is 48.3. The minimum absolute atomic E-state index is 0.415. The maximum absolute atomic E-state index is 15.9. The number of aliphatic hydroxyl groups is 2. The van der Waals surface area contributed by atoms with Crippen LogP contribution >= 0.6 is 0 Å². The van der Waals surface area contributed by atoms with Gasteiger partial charge in [0, 0.05) is 40.7 Å². The summed E-state index contributed by atoms with van der Waals surface area (Å²) in [4.78, 5) is 7.78. The zero-order valence-electron chi connectivity index (χ0n) is 36.4. The van der Waals surface area contributed by atoms with Gasteiger partial charge in [-0.2, -0.15) is 17.6 Å². The van der Waals surface area contributed by atoms with Gasteiger partial charge in [0.15, 0.2) is 11.2 Å². The second kappa shape index (κ2) is 20.1. The van der Waals surface area contributed by atoms with Crippen LogP contribution in [0.5, 0.6) is 11.5 Å². The van der Waals surface area contributed by atoms with Crippen LogP contribution in [-0.2, 0) is 36.1 Å². The Morgan fingerprint density at radius 3 is 1.29 bits per heavy atom. The summed E-state index contributed by atoms with van der Waals surface area (Å²) >= 11 is 0. The van der Waals surface area contributed by atoms with Gasteiger partial charge in [-0.25, -0.2) is 22.5 Å². The molecule has 8 rings (SSSR count). The van der Waals surface area contributed by atoms with E-state index in [1.807, 2.05) is 13.8 Å². The highest BCUT2D eigenvalue weighted by atomic mass is 19.3. The molecule has 352 valence electrons. The number of nitrogens with zero attached hydrogens (tertiary/aromatic N) is 10. The number of tetrazole rings is 2. The molecule has 0 radical (unpaired) electrons. The second-order valence-corrected chi connectivity index (χ2v) is 15.3. The average Bonchev–Trinajstić information content (AvgIpc) is 4.05. The molecule has 0 unspecified atom stereocenters. The molecule has 68 heavy (non-hydrogen) atoms. The summed E-state index contributed by atoms with van der Waals surface area (Å²) in [5.74, 6) is -10.1. The molecular weight excluding hydrogens is 902 g/mol. The first-order chi connectivity index (χ1) is 32.5. The maximum Gasteiger partial charge on any atom is 0.323 e. The van der Waals surface area contributed by atoms with Crippen molar-refractivity contribution in [3.63, 3.8) is 0 Å². The SMILES string of the molecule is CCOc1ccc(-c2ccc(C(F)(F)[C@](O)(Cn3cnnn3)c3ccc(C)cc3F)nc2)cc1.CCOc1ccc(-c2ccc(C(F)(F)[C@](O)(Cn3cnnn3)c3ccc(F)cc3F)nc2)cc1. The molecule has 2 N–H and O–H groups in total. The number of aryl methyl sites for hydroxylation is 1. The Bertz CT molecular complexity index is 2700. The van der Waals surface area contributed by atoms with Crippen molar-refractivity contribution in [2.24, 2.45) is 0 Å². The first-order valence-corrected chi connectivity index (χ1v) is 20.7. The largest absolute Gasteiger partial charge is 0.494 e. The molecule has 0 fully saturated rings. The normalized spacial score (nSPS) is 13.5. The molecule has 0 saturated carbocycles. The van der Waals surface area contributed by atoms with E-state index in [0.29, 0.717) is 53.0 Å². The number of halogens is 7. The van der Waals surface area contributed by atoms with E-state index in [0.717, 1.165) is 64.0 Å². The molecule has 4 aromatic heterocycles. The number of hydrogen-bond donors (Lipinski definition) is 2. The molecule has 0 spiro atoms. The van der Waals surface area contributed by atoms with Gasteiger partial charge in [0.2, 0.25) is 0 Å². The zero-order valence-corrected chi connectivity index (χ0v) is 36.4. The molecule has 0 saturated heterocycles. The Morgan fingerprint density at radius 2 is 0.941 bits per heavy atom. The summed E-state index contributed by atoms with van der Waals surface area (Å²) in [6.45, 7) is 4.67. The van der Waals surface area contributed by atoms with Crippen molar-refractivity contribution >= 4 is 0 Å². The number of rotatable bonds is 16. The fraction of sp³-hybridized carbons (Fsp3) is 0.234. The summed E-state index contributed by atoms with van der Waals surface area (Å²) in [7, 11) is 0. The van der Waals surface area contributed by atoms with E-state index in [1.165, 1.54) is 30.6 Å². The van der Waals surface area contributed by atoms with Crippen LogP contribution in [0.2, 0.25) is 0 Å². The predicted octanol–water partition coefficient (Wildman–Crippen LogP) is 8.35. The van der Waals surface area contributed by atoms with Gasteiger partial charge >= 0.3 is 11.8 Å². The monoisotopic (exact) mass is 942 g/mol. The van der Waals surface area contributed by atoms with E-state index in [1.54, 1.807) is 55.5 Å². The van der Waals surface area contributed by atoms with Crippen molar-refractivity contribution in [1.29, 1.82) is 0 Å². The van der Waals surface area contributed by atoms with Crippen LogP contribution in [0, 0.1) is 24.4 Å². The third-order valence-electron chi connectivity index (χ3n) is 10.7. The first-order valence-electron chi connectivity index (χ1n) is 20.7. The second-order valence-electron chi connectivity index (χ2n) is 15.3. The van der Waals surface area contributed by atoms with Gasteiger partial charge < -0.3 is 19.7 Å². The molecule has 8 aromatic rings. The van der Waals surface area contributed by atoms with E-state index in [2.05, 4.69) is 41.0 Å². The lowest BCUT2D eigenvalue weighted by atomic mass is 9.84.